The van der Waals surface area contributed by atoms with Gasteiger partial charge >= 0.3 is 0 Å². The van der Waals surface area contributed by atoms with Crippen LogP contribution in [0, 0.1) is 0 Å². The maximum Gasteiger partial charge on any atom is 0.235 e. The fraction of sp³-hybridized carbons (Fsp3) is 0.714. The van der Waals surface area contributed by atoms with Crippen molar-refractivity contribution in [1.82, 2.24) is 0 Å². The molecule has 0 aliphatic carbocycles. The highest BCUT2D eigenvalue weighted by molar-refractivity contribution is 5.35. The Labute approximate surface area is 65.0 Å². The average molecular weight is 154 g/mol. The Kier molecular flexibility index (Phi) is 4.91. The quantitative estimate of drug-likeness (QED) is 0.444. The number of nitrogens with zero attached hydrogens (tertiary/aromatic N) is 2. The van der Waals surface area contributed by atoms with Gasteiger partial charge in [-0.2, -0.15) is 0 Å². The Morgan fingerprint density at radius 1 is 1.27 bits per heavy atom. The van der Waals surface area contributed by atoms with Crippen molar-refractivity contribution in [3.8, 4) is 0 Å². The van der Waals surface area contributed by atoms with Gasteiger partial charge in [-0.05, 0) is 13.3 Å². The van der Waals surface area contributed by atoms with E-state index in [4.69, 9.17) is 0 Å². The first-order valence-corrected chi connectivity index (χ1v) is 3.40. The van der Waals surface area contributed by atoms with Gasteiger partial charge in [0.2, 0.25) is 12.2 Å². The van der Waals surface area contributed by atoms with E-state index in [0.717, 1.165) is 0 Å². The first-order chi connectivity index (χ1) is 5.26. The summed E-state index contributed by atoms with van der Waals surface area (Å²) in [5.74, 6) is 0. The van der Waals surface area contributed by atoms with Crippen molar-refractivity contribution in [2.75, 3.05) is 0 Å². The SMILES string of the molecule is CCC(N=C=O)C(C)N=C=O. The van der Waals surface area contributed by atoms with E-state index in [-0.39, 0.29) is 12.1 Å². The molecule has 0 N–H and O–H groups in total. The Bertz CT molecular complexity index is 202. The van der Waals surface area contributed by atoms with Crippen LogP contribution in [0.25, 0.3) is 0 Å². The highest BCUT2D eigenvalue weighted by atomic mass is 16.1. The summed E-state index contributed by atoms with van der Waals surface area (Å²) in [5.41, 5.74) is 0. The van der Waals surface area contributed by atoms with E-state index in [1.54, 1.807) is 6.92 Å². The Balaban J connectivity index is 4.23. The van der Waals surface area contributed by atoms with Crippen LogP contribution in [0.1, 0.15) is 20.3 Å². The zero-order chi connectivity index (χ0) is 8.69. The van der Waals surface area contributed by atoms with E-state index >= 15 is 0 Å². The van der Waals surface area contributed by atoms with Gasteiger partial charge in [0.25, 0.3) is 0 Å². The summed E-state index contributed by atoms with van der Waals surface area (Å²) in [7, 11) is 0. The van der Waals surface area contributed by atoms with E-state index in [0.29, 0.717) is 6.42 Å². The third-order valence-corrected chi connectivity index (χ3v) is 1.45. The van der Waals surface area contributed by atoms with Crippen molar-refractivity contribution in [3.63, 3.8) is 0 Å². The molecule has 0 aliphatic heterocycles. The molecule has 4 nitrogen and oxygen atoms in total. The monoisotopic (exact) mass is 154 g/mol. The first-order valence-electron chi connectivity index (χ1n) is 3.40. The summed E-state index contributed by atoms with van der Waals surface area (Å²) in [6, 6.07) is -0.520. The molecule has 60 valence electrons. The molecule has 0 bridgehead atoms. The van der Waals surface area contributed by atoms with E-state index < -0.39 is 0 Å². The molecule has 0 saturated carbocycles. The molecular formula is C7H10N2O2. The summed E-state index contributed by atoms with van der Waals surface area (Å²) in [5, 5.41) is 0. The predicted molar refractivity (Wildman–Crippen MR) is 39.8 cm³/mol. The number of hydrogen-bond donors (Lipinski definition) is 0. The van der Waals surface area contributed by atoms with Crippen molar-refractivity contribution < 1.29 is 9.59 Å². The second-order valence-electron chi connectivity index (χ2n) is 2.16. The molecule has 2 atom stereocenters. The Morgan fingerprint density at radius 2 is 1.82 bits per heavy atom. The minimum atomic E-state index is -0.279. The number of rotatable bonds is 4. The van der Waals surface area contributed by atoms with Gasteiger partial charge in [-0.1, -0.05) is 6.92 Å². The molecule has 0 spiro atoms. The number of aliphatic imine (C=N–C) groups is 2. The second kappa shape index (κ2) is 5.54. The number of hydrogen-bond acceptors (Lipinski definition) is 4. The van der Waals surface area contributed by atoms with Gasteiger partial charge in [0, 0.05) is 0 Å². The molecule has 11 heavy (non-hydrogen) atoms. The average Bonchev–Trinajstić information content (AvgIpc) is 2.00. The van der Waals surface area contributed by atoms with Crippen molar-refractivity contribution in [2.45, 2.75) is 32.4 Å². The van der Waals surface area contributed by atoms with Crippen LogP contribution >= 0.6 is 0 Å². The van der Waals surface area contributed by atoms with Gasteiger partial charge in [-0.25, -0.2) is 19.6 Å². The molecule has 0 aromatic carbocycles. The van der Waals surface area contributed by atoms with E-state index in [1.165, 1.54) is 12.2 Å². The van der Waals surface area contributed by atoms with Gasteiger partial charge < -0.3 is 0 Å². The lowest BCUT2D eigenvalue weighted by atomic mass is 10.1. The second-order valence-corrected chi connectivity index (χ2v) is 2.16. The molecule has 0 amide bonds. The Hall–Kier alpha value is -1.24. The van der Waals surface area contributed by atoms with Crippen molar-refractivity contribution >= 4 is 12.2 Å². The highest BCUT2D eigenvalue weighted by Gasteiger charge is 2.12. The summed E-state index contributed by atoms with van der Waals surface area (Å²) in [4.78, 5) is 26.6. The first kappa shape index (κ1) is 9.76. The van der Waals surface area contributed by atoms with Gasteiger partial charge in [-0.15, -0.1) is 0 Å². The van der Waals surface area contributed by atoms with E-state index in [9.17, 15) is 9.59 Å². The van der Waals surface area contributed by atoms with Crippen molar-refractivity contribution in [2.24, 2.45) is 9.98 Å². The van der Waals surface area contributed by atoms with Crippen LogP contribution in [0.4, 0.5) is 0 Å². The molecule has 0 aliphatic rings. The molecule has 0 heterocycles. The van der Waals surface area contributed by atoms with Gasteiger partial charge in [0.15, 0.2) is 0 Å². The normalized spacial score (nSPS) is 14.0. The lowest BCUT2D eigenvalue weighted by Gasteiger charge is -2.09. The van der Waals surface area contributed by atoms with Crippen LogP contribution in [-0.2, 0) is 9.59 Å². The molecular weight excluding hydrogens is 144 g/mol. The maximum absolute atomic E-state index is 9.85. The van der Waals surface area contributed by atoms with Gasteiger partial charge in [0.05, 0.1) is 12.1 Å². The summed E-state index contributed by atoms with van der Waals surface area (Å²) >= 11 is 0. The zero-order valence-corrected chi connectivity index (χ0v) is 6.57. The standard InChI is InChI=1S/C7H10N2O2/c1-3-7(9-5-11)6(2)8-4-10/h6-7H,3H2,1-2H3. The van der Waals surface area contributed by atoms with Gasteiger partial charge in [-0.3, -0.25) is 0 Å². The molecule has 0 rings (SSSR count). The molecule has 0 fully saturated rings. The molecule has 2 unspecified atom stereocenters. The summed E-state index contributed by atoms with van der Waals surface area (Å²) in [6.07, 6.45) is 3.54. The molecule has 4 heteroatoms. The lowest BCUT2D eigenvalue weighted by molar-refractivity contribution is 0.515. The molecule has 0 radical (unpaired) electrons. The maximum atomic E-state index is 9.85. The minimum Gasteiger partial charge on any atom is -0.211 e. The highest BCUT2D eigenvalue weighted by Crippen LogP contribution is 2.05. The van der Waals surface area contributed by atoms with E-state index in [2.05, 4.69) is 9.98 Å². The van der Waals surface area contributed by atoms with Crippen LogP contribution in [0.2, 0.25) is 0 Å². The fourth-order valence-corrected chi connectivity index (χ4v) is 0.777. The number of isocyanates is 2. The topological polar surface area (TPSA) is 58.9 Å². The summed E-state index contributed by atoms with van der Waals surface area (Å²) in [6.45, 7) is 3.57. The largest absolute Gasteiger partial charge is 0.235 e. The van der Waals surface area contributed by atoms with Gasteiger partial charge in [0.1, 0.15) is 0 Å². The molecule has 0 saturated heterocycles. The third-order valence-electron chi connectivity index (χ3n) is 1.45. The van der Waals surface area contributed by atoms with Crippen LogP contribution in [-0.4, -0.2) is 24.2 Å². The third kappa shape index (κ3) is 3.46. The molecule has 0 aromatic heterocycles. The van der Waals surface area contributed by atoms with Crippen molar-refractivity contribution in [1.29, 1.82) is 0 Å². The summed E-state index contributed by atoms with van der Waals surface area (Å²) < 4.78 is 0. The minimum absolute atomic E-state index is 0.242. The Morgan fingerprint density at radius 3 is 2.18 bits per heavy atom. The number of carbonyl (C=O) groups excluding carboxylic acids is 2. The van der Waals surface area contributed by atoms with Crippen LogP contribution < -0.4 is 0 Å². The lowest BCUT2D eigenvalue weighted by Crippen LogP contribution is -2.17. The van der Waals surface area contributed by atoms with Crippen LogP contribution in [0.15, 0.2) is 9.98 Å². The molecule has 0 aromatic rings. The van der Waals surface area contributed by atoms with Crippen LogP contribution in [0.3, 0.4) is 0 Å². The van der Waals surface area contributed by atoms with E-state index in [1.807, 2.05) is 6.92 Å². The van der Waals surface area contributed by atoms with Crippen LogP contribution in [0.5, 0.6) is 0 Å². The van der Waals surface area contributed by atoms with Crippen molar-refractivity contribution in [3.05, 3.63) is 0 Å². The smallest absolute Gasteiger partial charge is 0.211 e. The predicted octanol–water partition coefficient (Wildman–Crippen LogP) is 0.825. The fourth-order valence-electron chi connectivity index (χ4n) is 0.777. The zero-order valence-electron chi connectivity index (χ0n) is 6.57.